The van der Waals surface area contributed by atoms with Crippen molar-refractivity contribution in [3.05, 3.63) is 23.8 Å². The van der Waals surface area contributed by atoms with Crippen LogP contribution in [0.4, 0.5) is 5.69 Å². The monoisotopic (exact) mass is 266 g/mol. The summed E-state index contributed by atoms with van der Waals surface area (Å²) < 4.78 is 0. The molecule has 0 spiro atoms. The standard InChI is InChI=1S/C13H18N2S2/c1-10(9-16-2)8-15-12-5-4-6-13(17-3)11(12)7-14/h4-6,10,15H,8-9H2,1-3H3. The number of thioether (sulfide) groups is 2. The highest BCUT2D eigenvalue weighted by molar-refractivity contribution is 7.98. The Balaban J connectivity index is 2.74. The van der Waals surface area contributed by atoms with Gasteiger partial charge in [-0.05, 0) is 36.3 Å². The second-order valence-electron chi connectivity index (χ2n) is 3.94. The molecular weight excluding hydrogens is 248 g/mol. The molecule has 0 amide bonds. The zero-order valence-electron chi connectivity index (χ0n) is 10.5. The second kappa shape index (κ2) is 7.52. The number of nitrogens with one attached hydrogen (secondary N) is 1. The van der Waals surface area contributed by atoms with Crippen molar-refractivity contribution < 1.29 is 0 Å². The molecule has 0 fully saturated rings. The minimum atomic E-state index is 0.606. The van der Waals surface area contributed by atoms with Crippen LogP contribution in [0.1, 0.15) is 12.5 Å². The van der Waals surface area contributed by atoms with Gasteiger partial charge in [0.2, 0.25) is 0 Å². The molecule has 0 heterocycles. The van der Waals surface area contributed by atoms with Gasteiger partial charge in [-0.2, -0.15) is 17.0 Å². The van der Waals surface area contributed by atoms with E-state index >= 15 is 0 Å². The highest BCUT2D eigenvalue weighted by Gasteiger charge is 2.08. The van der Waals surface area contributed by atoms with Crippen molar-refractivity contribution in [3.8, 4) is 6.07 Å². The van der Waals surface area contributed by atoms with Crippen LogP contribution in [-0.4, -0.2) is 24.8 Å². The van der Waals surface area contributed by atoms with E-state index < -0.39 is 0 Å². The molecule has 1 N–H and O–H groups in total. The molecule has 0 aliphatic carbocycles. The van der Waals surface area contributed by atoms with Crippen LogP contribution >= 0.6 is 23.5 Å². The van der Waals surface area contributed by atoms with Gasteiger partial charge in [0.1, 0.15) is 6.07 Å². The third-order valence-corrected chi connectivity index (χ3v) is 4.13. The molecule has 0 bridgehead atoms. The van der Waals surface area contributed by atoms with Gasteiger partial charge in [-0.3, -0.25) is 0 Å². The maximum atomic E-state index is 9.19. The molecule has 1 aromatic carbocycles. The lowest BCUT2D eigenvalue weighted by Gasteiger charge is -2.14. The molecular formula is C13H18N2S2. The Labute approximate surface area is 112 Å². The lowest BCUT2D eigenvalue weighted by atomic mass is 10.1. The van der Waals surface area contributed by atoms with Crippen molar-refractivity contribution >= 4 is 29.2 Å². The third-order valence-electron chi connectivity index (χ3n) is 2.45. The minimum absolute atomic E-state index is 0.606. The number of hydrogen-bond donors (Lipinski definition) is 1. The topological polar surface area (TPSA) is 35.8 Å². The zero-order valence-corrected chi connectivity index (χ0v) is 12.1. The zero-order chi connectivity index (χ0) is 12.7. The van der Waals surface area contributed by atoms with Crippen LogP contribution in [0.15, 0.2) is 23.1 Å². The molecule has 0 radical (unpaired) electrons. The van der Waals surface area contributed by atoms with E-state index in [0.29, 0.717) is 5.92 Å². The summed E-state index contributed by atoms with van der Waals surface area (Å²) in [5.41, 5.74) is 1.71. The summed E-state index contributed by atoms with van der Waals surface area (Å²) in [5.74, 6) is 1.74. The summed E-state index contributed by atoms with van der Waals surface area (Å²) in [6.07, 6.45) is 4.11. The number of nitriles is 1. The molecule has 92 valence electrons. The molecule has 1 atom stereocenters. The van der Waals surface area contributed by atoms with Crippen LogP contribution in [0.3, 0.4) is 0 Å². The summed E-state index contributed by atoms with van der Waals surface area (Å²) in [5, 5.41) is 12.6. The normalized spacial score (nSPS) is 11.9. The van der Waals surface area contributed by atoms with Crippen LogP contribution in [0.2, 0.25) is 0 Å². The predicted octanol–water partition coefficient (Wildman–Crippen LogP) is 3.69. The van der Waals surface area contributed by atoms with Crippen molar-refractivity contribution in [3.63, 3.8) is 0 Å². The first-order valence-corrected chi connectivity index (χ1v) is 8.14. The first-order valence-electron chi connectivity index (χ1n) is 5.52. The number of hydrogen-bond acceptors (Lipinski definition) is 4. The van der Waals surface area contributed by atoms with Crippen molar-refractivity contribution in [2.75, 3.05) is 30.1 Å². The Kier molecular flexibility index (Phi) is 6.31. The summed E-state index contributed by atoms with van der Waals surface area (Å²) >= 11 is 3.47. The fourth-order valence-corrected chi connectivity index (χ4v) is 2.85. The van der Waals surface area contributed by atoms with Gasteiger partial charge in [0, 0.05) is 11.4 Å². The Morgan fingerprint density at radius 3 is 2.76 bits per heavy atom. The number of nitrogens with zero attached hydrogens (tertiary/aromatic N) is 1. The fraction of sp³-hybridized carbons (Fsp3) is 0.462. The van der Waals surface area contributed by atoms with Crippen LogP contribution in [-0.2, 0) is 0 Å². The Morgan fingerprint density at radius 1 is 1.41 bits per heavy atom. The SMILES string of the molecule is CSCC(C)CNc1cccc(SC)c1C#N. The highest BCUT2D eigenvalue weighted by Crippen LogP contribution is 2.26. The Bertz CT molecular complexity index is 399. The summed E-state index contributed by atoms with van der Waals surface area (Å²) in [6.45, 7) is 3.13. The Morgan fingerprint density at radius 2 is 2.18 bits per heavy atom. The molecule has 0 aliphatic heterocycles. The molecule has 1 rings (SSSR count). The highest BCUT2D eigenvalue weighted by atomic mass is 32.2. The lowest BCUT2D eigenvalue weighted by molar-refractivity contribution is 0.701. The third kappa shape index (κ3) is 4.18. The van der Waals surface area contributed by atoms with E-state index in [4.69, 9.17) is 0 Å². The molecule has 1 unspecified atom stereocenters. The van der Waals surface area contributed by atoms with Gasteiger partial charge in [0.15, 0.2) is 0 Å². The van der Waals surface area contributed by atoms with Gasteiger partial charge in [-0.1, -0.05) is 13.0 Å². The van der Waals surface area contributed by atoms with Crippen LogP contribution in [0.25, 0.3) is 0 Å². The van der Waals surface area contributed by atoms with Gasteiger partial charge in [0.05, 0.1) is 11.3 Å². The van der Waals surface area contributed by atoms with E-state index in [-0.39, 0.29) is 0 Å². The number of rotatable bonds is 6. The molecule has 2 nitrogen and oxygen atoms in total. The van der Waals surface area contributed by atoms with Crippen LogP contribution in [0, 0.1) is 17.2 Å². The van der Waals surface area contributed by atoms with E-state index in [1.807, 2.05) is 36.2 Å². The lowest BCUT2D eigenvalue weighted by Crippen LogP contribution is -2.14. The molecule has 4 heteroatoms. The maximum absolute atomic E-state index is 9.19. The van der Waals surface area contributed by atoms with Gasteiger partial charge in [-0.25, -0.2) is 0 Å². The van der Waals surface area contributed by atoms with Gasteiger partial charge in [-0.15, -0.1) is 11.8 Å². The second-order valence-corrected chi connectivity index (χ2v) is 5.69. The van der Waals surface area contributed by atoms with Gasteiger partial charge >= 0.3 is 0 Å². The first-order chi connectivity index (χ1) is 8.22. The molecule has 0 saturated carbocycles. The molecule has 0 aromatic heterocycles. The van der Waals surface area contributed by atoms with Crippen molar-refractivity contribution in [2.45, 2.75) is 11.8 Å². The largest absolute Gasteiger partial charge is 0.384 e. The van der Waals surface area contributed by atoms with Crippen molar-refractivity contribution in [1.29, 1.82) is 5.26 Å². The number of anilines is 1. The average Bonchev–Trinajstić information content (AvgIpc) is 2.36. The smallest absolute Gasteiger partial charge is 0.102 e. The predicted molar refractivity (Wildman–Crippen MR) is 79.0 cm³/mol. The van der Waals surface area contributed by atoms with E-state index in [9.17, 15) is 5.26 Å². The van der Waals surface area contributed by atoms with E-state index in [2.05, 4.69) is 24.6 Å². The van der Waals surface area contributed by atoms with E-state index in [0.717, 1.165) is 28.4 Å². The summed E-state index contributed by atoms with van der Waals surface area (Å²) in [4.78, 5) is 1.04. The molecule has 0 saturated heterocycles. The van der Waals surface area contributed by atoms with Crippen LogP contribution in [0.5, 0.6) is 0 Å². The number of benzene rings is 1. The summed E-state index contributed by atoms with van der Waals surface area (Å²) in [6, 6.07) is 8.24. The first kappa shape index (κ1) is 14.3. The molecule has 17 heavy (non-hydrogen) atoms. The summed E-state index contributed by atoms with van der Waals surface area (Å²) in [7, 11) is 0. The van der Waals surface area contributed by atoms with Gasteiger partial charge < -0.3 is 5.32 Å². The molecule has 0 aliphatic rings. The minimum Gasteiger partial charge on any atom is -0.384 e. The quantitative estimate of drug-likeness (QED) is 0.797. The molecule has 1 aromatic rings. The van der Waals surface area contributed by atoms with Crippen LogP contribution < -0.4 is 5.32 Å². The van der Waals surface area contributed by atoms with E-state index in [1.54, 1.807) is 11.8 Å². The fourth-order valence-electron chi connectivity index (χ4n) is 1.59. The van der Waals surface area contributed by atoms with Crippen molar-refractivity contribution in [1.82, 2.24) is 0 Å². The average molecular weight is 266 g/mol. The van der Waals surface area contributed by atoms with Gasteiger partial charge in [0.25, 0.3) is 0 Å². The Hall–Kier alpha value is -0.790. The maximum Gasteiger partial charge on any atom is 0.102 e. The van der Waals surface area contributed by atoms with E-state index in [1.165, 1.54) is 0 Å². The van der Waals surface area contributed by atoms with Crippen molar-refractivity contribution in [2.24, 2.45) is 5.92 Å².